The summed E-state index contributed by atoms with van der Waals surface area (Å²) in [5.41, 5.74) is 2.94. The summed E-state index contributed by atoms with van der Waals surface area (Å²) in [4.78, 5) is 0. The molecule has 1 N–H and O–H groups in total. The summed E-state index contributed by atoms with van der Waals surface area (Å²) in [5, 5.41) is 3.61. The van der Waals surface area contributed by atoms with Crippen molar-refractivity contribution in [3.05, 3.63) is 59.7 Å². The van der Waals surface area contributed by atoms with E-state index in [0.717, 1.165) is 25.3 Å². The van der Waals surface area contributed by atoms with Gasteiger partial charge in [0.05, 0.1) is 11.4 Å². The Morgan fingerprint density at radius 3 is 1.72 bits per heavy atom. The molecule has 4 aliphatic rings. The first kappa shape index (κ1) is 37.0. The van der Waals surface area contributed by atoms with Gasteiger partial charge in [-0.15, -0.1) is 21.1 Å². The Hall–Kier alpha value is -2.83. The normalized spacial score (nSPS) is 29.8. The van der Waals surface area contributed by atoms with E-state index in [1.165, 1.54) is 54.4 Å². The fourth-order valence-corrected chi connectivity index (χ4v) is 10.4. The van der Waals surface area contributed by atoms with E-state index in [1.54, 1.807) is 24.3 Å². The van der Waals surface area contributed by atoms with E-state index in [4.69, 9.17) is 12.8 Å². The van der Waals surface area contributed by atoms with Crippen LogP contribution in [-0.4, -0.2) is 37.9 Å². The number of benzene rings is 2. The number of hydrogen-bond donors (Lipinski definition) is 1. The lowest BCUT2D eigenvalue weighted by molar-refractivity contribution is 0.133. The second-order valence-electron chi connectivity index (χ2n) is 15.8. The van der Waals surface area contributed by atoms with Crippen LogP contribution in [0.4, 0.5) is 23.0 Å². The van der Waals surface area contributed by atoms with E-state index in [0.29, 0.717) is 34.2 Å². The highest BCUT2D eigenvalue weighted by molar-refractivity contribution is 7.86. The Morgan fingerprint density at radius 1 is 0.745 bits per heavy atom. The van der Waals surface area contributed by atoms with Gasteiger partial charge in [-0.05, 0) is 109 Å². The first-order valence-corrected chi connectivity index (χ1v) is 18.6. The molecule has 2 aliphatic carbocycles. The molecule has 0 aromatic heterocycles. The van der Waals surface area contributed by atoms with E-state index < -0.39 is 20.8 Å². The average Bonchev–Trinajstić information content (AvgIpc) is 3.38. The molecule has 2 heterocycles. The molecule has 2 saturated carbocycles. The minimum atomic E-state index is -5.07. The first-order chi connectivity index (χ1) is 21.6. The molecular formula is C36H47F3N4O2S2. The van der Waals surface area contributed by atoms with E-state index in [9.17, 15) is 20.1 Å². The van der Waals surface area contributed by atoms with Gasteiger partial charge in [-0.3, -0.25) is 0 Å². The number of terminal acetylenes is 2. The maximum atomic E-state index is 15.0. The Morgan fingerprint density at radius 2 is 1.23 bits per heavy atom. The highest BCUT2D eigenvalue weighted by Gasteiger charge is 2.52. The van der Waals surface area contributed by atoms with Crippen molar-refractivity contribution >= 4 is 32.2 Å². The molecule has 1 unspecified atom stereocenters. The number of fused-ring (bicyclic) bond motifs is 4. The van der Waals surface area contributed by atoms with Gasteiger partial charge < -0.3 is 5.32 Å². The molecule has 2 aromatic rings. The van der Waals surface area contributed by atoms with Crippen molar-refractivity contribution in [1.82, 2.24) is 9.62 Å². The van der Waals surface area contributed by atoms with Crippen LogP contribution in [0.3, 0.4) is 0 Å². The molecular weight excluding hydrogens is 642 g/mol. The largest absolute Gasteiger partial charge is 0.371 e. The van der Waals surface area contributed by atoms with Crippen LogP contribution in [0.25, 0.3) is 0 Å². The van der Waals surface area contributed by atoms with E-state index >= 15 is 0 Å². The van der Waals surface area contributed by atoms with Gasteiger partial charge >= 0.3 is 10.5 Å². The number of hydrogen-bond acceptors (Lipinski definition) is 5. The Labute approximate surface area is 281 Å². The zero-order chi connectivity index (χ0) is 34.9. The Kier molecular flexibility index (Phi) is 10.7. The van der Waals surface area contributed by atoms with Crippen LogP contribution < -0.4 is 5.32 Å². The summed E-state index contributed by atoms with van der Waals surface area (Å²) in [6.45, 7) is 15.6. The summed E-state index contributed by atoms with van der Waals surface area (Å²) in [7, 11) is -8.99. The maximum Gasteiger partial charge on any atom is 0.371 e. The predicted molar refractivity (Wildman–Crippen MR) is 186 cm³/mol. The van der Waals surface area contributed by atoms with Gasteiger partial charge in [0.2, 0.25) is 0 Å². The maximum absolute atomic E-state index is 15.0. The SMILES string of the molecule is C#Cc1ccc(N=S(=O)(F)F)cc1.C#Cc1ccc(N=S(=O)(F)N2C[C@]3(C)C[C@H]2CC(C)(C)C3)cc1.CC1(C)C[C@@H]2C[C@@](C)(CN2)C1. The molecule has 6 rings (SSSR count). The standard InChI is InChI=1S/C18H23FN2OS.C10H19N.C8H5F2NOS/c1-5-14-6-8-15(9-7-14)20-23(19,22)21-13-18(4)11-16(21)10-17(2,3)12-18;1-9(2)4-8-5-10(3,6-9)7-11-8;1-2-7-3-5-8(6-4-7)11-13(9,10)12/h1,6-9,16H,10-13H2,2-4H3;8,11H,4-7H2,1-3H3;1,3-6H/t16-,18-,23?;8-,10-;/m11./s1. The van der Waals surface area contributed by atoms with Gasteiger partial charge in [0.1, 0.15) is 0 Å². The van der Waals surface area contributed by atoms with Crippen LogP contribution in [-0.2, 0) is 20.8 Å². The number of halogens is 3. The van der Waals surface area contributed by atoms with Crippen molar-refractivity contribution in [1.29, 1.82) is 0 Å². The lowest BCUT2D eigenvalue weighted by atomic mass is 9.65. The van der Waals surface area contributed by atoms with Crippen molar-refractivity contribution in [2.24, 2.45) is 30.4 Å². The first-order valence-electron chi connectivity index (χ1n) is 15.9. The van der Waals surface area contributed by atoms with Gasteiger partial charge in [0.15, 0.2) is 0 Å². The monoisotopic (exact) mass is 688 g/mol. The fourth-order valence-electron chi connectivity index (χ4n) is 8.52. The Bertz CT molecular complexity index is 1770. The van der Waals surface area contributed by atoms with Gasteiger partial charge in [0.25, 0.3) is 10.3 Å². The fraction of sp³-hybridized carbons (Fsp3) is 0.556. The third kappa shape index (κ3) is 10.3. The van der Waals surface area contributed by atoms with E-state index in [2.05, 4.69) is 67.4 Å². The van der Waals surface area contributed by atoms with Crippen molar-refractivity contribution in [2.75, 3.05) is 13.1 Å². The minimum Gasteiger partial charge on any atom is -0.313 e. The van der Waals surface area contributed by atoms with Crippen molar-refractivity contribution < 1.29 is 20.1 Å². The predicted octanol–water partition coefficient (Wildman–Crippen LogP) is 9.18. The number of rotatable bonds is 3. The topological polar surface area (TPSA) is 74.1 Å². The average molecular weight is 689 g/mol. The summed E-state index contributed by atoms with van der Waals surface area (Å²) in [6, 6.07) is 12.9. The van der Waals surface area contributed by atoms with Crippen LogP contribution in [0, 0.1) is 46.3 Å². The van der Waals surface area contributed by atoms with E-state index in [-0.39, 0.29) is 22.6 Å². The molecule has 11 heteroatoms. The third-order valence-corrected chi connectivity index (χ3v) is 11.3. The molecule has 0 spiro atoms. The van der Waals surface area contributed by atoms with E-state index in [1.807, 2.05) is 0 Å². The van der Waals surface area contributed by atoms with Crippen LogP contribution in [0.2, 0.25) is 0 Å². The molecule has 2 aromatic carbocycles. The number of nitrogens with one attached hydrogen (secondary N) is 1. The minimum absolute atomic E-state index is 0.00465. The third-order valence-electron chi connectivity index (χ3n) is 9.41. The lowest BCUT2D eigenvalue weighted by Gasteiger charge is -2.39. The molecule has 2 saturated heterocycles. The van der Waals surface area contributed by atoms with Crippen molar-refractivity contribution in [2.45, 2.75) is 92.2 Å². The second-order valence-corrected chi connectivity index (χ2v) is 18.3. The molecule has 5 atom stereocenters. The zero-order valence-electron chi connectivity index (χ0n) is 28.2. The summed E-state index contributed by atoms with van der Waals surface area (Å²) >= 11 is 0. The van der Waals surface area contributed by atoms with Gasteiger partial charge in [0, 0.05) is 36.3 Å². The molecule has 47 heavy (non-hydrogen) atoms. The number of nitrogens with zero attached hydrogens (tertiary/aromatic N) is 3. The summed E-state index contributed by atoms with van der Waals surface area (Å²) < 4.78 is 69.5. The molecule has 2 aliphatic heterocycles. The molecule has 256 valence electrons. The molecule has 4 bridgehead atoms. The van der Waals surface area contributed by atoms with Crippen molar-refractivity contribution in [3.63, 3.8) is 0 Å². The second kappa shape index (κ2) is 13.6. The van der Waals surface area contributed by atoms with Gasteiger partial charge in [-0.2, -0.15) is 17.1 Å². The molecule has 0 amide bonds. The molecule has 4 fully saturated rings. The summed E-state index contributed by atoms with van der Waals surface area (Å²) in [6.07, 6.45) is 17.3. The Balaban J connectivity index is 0.000000176. The van der Waals surface area contributed by atoms with Gasteiger partial charge in [-0.1, -0.05) is 61.2 Å². The van der Waals surface area contributed by atoms with Crippen LogP contribution >= 0.6 is 0 Å². The highest BCUT2D eigenvalue weighted by atomic mass is 32.3. The van der Waals surface area contributed by atoms with Crippen molar-refractivity contribution in [3.8, 4) is 24.7 Å². The lowest BCUT2D eigenvalue weighted by Crippen LogP contribution is -2.36. The van der Waals surface area contributed by atoms with Crippen LogP contribution in [0.1, 0.15) is 91.2 Å². The van der Waals surface area contributed by atoms with Crippen LogP contribution in [0.5, 0.6) is 0 Å². The molecule has 0 radical (unpaired) electrons. The smallest absolute Gasteiger partial charge is 0.313 e. The molecule has 6 nitrogen and oxygen atoms in total. The summed E-state index contributed by atoms with van der Waals surface area (Å²) in [5.74, 6) is 4.82. The van der Waals surface area contributed by atoms with Crippen LogP contribution in [0.15, 0.2) is 57.3 Å². The highest BCUT2D eigenvalue weighted by Crippen LogP contribution is 2.54. The quantitative estimate of drug-likeness (QED) is 0.258. The van der Waals surface area contributed by atoms with Gasteiger partial charge in [-0.25, -0.2) is 0 Å². The zero-order valence-corrected chi connectivity index (χ0v) is 29.8.